The molecular weight excluding hydrogens is 128 g/mol. The molecule has 0 amide bonds. The maximum absolute atomic E-state index is 10.8. The van der Waals surface area contributed by atoms with Crippen LogP contribution >= 0.6 is 0 Å². The average Bonchev–Trinajstić information content (AvgIpc) is 2.13. The zero-order valence-corrected chi connectivity index (χ0v) is 6.50. The summed E-state index contributed by atoms with van der Waals surface area (Å²) in [6, 6.07) is 0. The number of hydrogen-bond donors (Lipinski definition) is 1. The minimum absolute atomic E-state index is 0.130. The van der Waals surface area contributed by atoms with Crippen LogP contribution in [0.4, 0.5) is 0 Å². The normalized spacial score (nSPS) is 40.1. The highest BCUT2D eigenvalue weighted by Crippen LogP contribution is 2.31. The molecule has 0 saturated heterocycles. The molecule has 1 aliphatic carbocycles. The van der Waals surface area contributed by atoms with Crippen molar-refractivity contribution in [2.45, 2.75) is 32.8 Å². The number of aliphatic hydroxyl groups excluding tert-OH is 1. The van der Waals surface area contributed by atoms with Crippen molar-refractivity contribution in [1.82, 2.24) is 0 Å². The summed E-state index contributed by atoms with van der Waals surface area (Å²) < 4.78 is 0. The van der Waals surface area contributed by atoms with E-state index in [0.29, 0.717) is 12.3 Å². The Bertz CT molecular complexity index is 132. The van der Waals surface area contributed by atoms with Crippen molar-refractivity contribution in [3.63, 3.8) is 0 Å². The fourth-order valence-corrected chi connectivity index (χ4v) is 1.56. The lowest BCUT2D eigenvalue weighted by Gasteiger charge is -2.03. The van der Waals surface area contributed by atoms with E-state index in [9.17, 15) is 9.90 Å². The van der Waals surface area contributed by atoms with E-state index in [0.717, 1.165) is 6.42 Å². The van der Waals surface area contributed by atoms with E-state index >= 15 is 0 Å². The third-order valence-electron chi connectivity index (χ3n) is 2.41. The monoisotopic (exact) mass is 142 g/mol. The molecule has 58 valence electrons. The maximum atomic E-state index is 10.8. The highest BCUT2D eigenvalue weighted by atomic mass is 16.3. The minimum atomic E-state index is -0.242. The largest absolute Gasteiger partial charge is 0.393 e. The fourth-order valence-electron chi connectivity index (χ4n) is 1.56. The third kappa shape index (κ3) is 1.37. The molecule has 2 heteroatoms. The van der Waals surface area contributed by atoms with E-state index in [1.807, 2.05) is 6.92 Å². The molecule has 2 nitrogen and oxygen atoms in total. The molecule has 1 N–H and O–H groups in total. The van der Waals surface area contributed by atoms with Gasteiger partial charge in [-0.3, -0.25) is 4.79 Å². The van der Waals surface area contributed by atoms with Crippen LogP contribution in [0.5, 0.6) is 0 Å². The molecule has 1 fully saturated rings. The lowest BCUT2D eigenvalue weighted by molar-refractivity contribution is -0.120. The highest BCUT2D eigenvalue weighted by Gasteiger charge is 2.31. The Kier molecular flexibility index (Phi) is 2.09. The highest BCUT2D eigenvalue weighted by molar-refractivity contribution is 5.78. The second-order valence-electron chi connectivity index (χ2n) is 3.32. The van der Waals surface area contributed by atoms with Crippen molar-refractivity contribution in [2.75, 3.05) is 0 Å². The van der Waals surface area contributed by atoms with Crippen LogP contribution in [0, 0.1) is 11.8 Å². The van der Waals surface area contributed by atoms with Crippen molar-refractivity contribution in [2.24, 2.45) is 11.8 Å². The van der Waals surface area contributed by atoms with Crippen molar-refractivity contribution in [3.05, 3.63) is 0 Å². The molecule has 0 aromatic rings. The first kappa shape index (κ1) is 7.73. The van der Waals surface area contributed by atoms with Crippen LogP contribution in [0.3, 0.4) is 0 Å². The molecule has 0 spiro atoms. The topological polar surface area (TPSA) is 37.3 Å². The predicted octanol–water partition coefficient (Wildman–Crippen LogP) is 0.982. The van der Waals surface area contributed by atoms with E-state index in [-0.39, 0.29) is 17.8 Å². The Balaban J connectivity index is 2.49. The number of hydrogen-bond acceptors (Lipinski definition) is 2. The molecular formula is C8H14O2. The van der Waals surface area contributed by atoms with E-state index in [1.165, 1.54) is 0 Å². The Hall–Kier alpha value is -0.370. The fraction of sp³-hybridized carbons (Fsp3) is 0.875. The van der Waals surface area contributed by atoms with Crippen molar-refractivity contribution < 1.29 is 9.90 Å². The summed E-state index contributed by atoms with van der Waals surface area (Å²) in [5, 5.41) is 9.26. The third-order valence-corrected chi connectivity index (χ3v) is 2.41. The Morgan fingerprint density at radius 3 is 2.30 bits per heavy atom. The second kappa shape index (κ2) is 2.70. The van der Waals surface area contributed by atoms with Crippen LogP contribution in [0.1, 0.15) is 26.7 Å². The standard InChI is InChI=1S/C8H14O2/c1-5-3-7(6(2)9)4-8(5)10/h5,7-8,10H,3-4H2,1-2H3/t5-,7?,8+/m1/s1. The number of carbonyl (C=O) groups excluding carboxylic acids is 1. The van der Waals surface area contributed by atoms with Gasteiger partial charge in [0.1, 0.15) is 5.78 Å². The quantitative estimate of drug-likeness (QED) is 0.592. The first-order chi connectivity index (χ1) is 4.61. The zero-order chi connectivity index (χ0) is 7.72. The first-order valence-corrected chi connectivity index (χ1v) is 3.79. The predicted molar refractivity (Wildman–Crippen MR) is 38.6 cm³/mol. The molecule has 1 saturated carbocycles. The summed E-state index contributed by atoms with van der Waals surface area (Å²) in [4.78, 5) is 10.8. The number of aliphatic hydroxyl groups is 1. The Morgan fingerprint density at radius 2 is 2.10 bits per heavy atom. The van der Waals surface area contributed by atoms with Gasteiger partial charge in [-0.1, -0.05) is 6.92 Å². The van der Waals surface area contributed by atoms with Crippen molar-refractivity contribution in [3.8, 4) is 0 Å². The lowest BCUT2D eigenvalue weighted by atomic mass is 10.0. The van der Waals surface area contributed by atoms with Crippen molar-refractivity contribution in [1.29, 1.82) is 0 Å². The Morgan fingerprint density at radius 1 is 1.50 bits per heavy atom. The van der Waals surface area contributed by atoms with Gasteiger partial charge in [-0.05, 0) is 25.7 Å². The van der Waals surface area contributed by atoms with Crippen LogP contribution < -0.4 is 0 Å². The molecule has 0 aromatic heterocycles. The van der Waals surface area contributed by atoms with Gasteiger partial charge in [0.05, 0.1) is 6.10 Å². The lowest BCUT2D eigenvalue weighted by Crippen LogP contribution is -2.09. The summed E-state index contributed by atoms with van der Waals surface area (Å²) in [6.45, 7) is 3.60. The van der Waals surface area contributed by atoms with Crippen LogP contribution in [-0.2, 0) is 4.79 Å². The van der Waals surface area contributed by atoms with Crippen LogP contribution in [0.2, 0.25) is 0 Å². The molecule has 0 aliphatic heterocycles. The van der Waals surface area contributed by atoms with Gasteiger partial charge >= 0.3 is 0 Å². The number of ketones is 1. The zero-order valence-electron chi connectivity index (χ0n) is 6.50. The number of carbonyl (C=O) groups is 1. The average molecular weight is 142 g/mol. The van der Waals surface area contributed by atoms with Gasteiger partial charge in [-0.2, -0.15) is 0 Å². The van der Waals surface area contributed by atoms with Crippen LogP contribution in [-0.4, -0.2) is 17.0 Å². The van der Waals surface area contributed by atoms with E-state index < -0.39 is 0 Å². The molecule has 0 aromatic carbocycles. The van der Waals surface area contributed by atoms with Gasteiger partial charge in [-0.15, -0.1) is 0 Å². The van der Waals surface area contributed by atoms with Crippen LogP contribution in [0.15, 0.2) is 0 Å². The molecule has 1 rings (SSSR count). The van der Waals surface area contributed by atoms with Gasteiger partial charge in [0.2, 0.25) is 0 Å². The van der Waals surface area contributed by atoms with Gasteiger partial charge in [0.15, 0.2) is 0 Å². The summed E-state index contributed by atoms with van der Waals surface area (Å²) in [7, 11) is 0. The molecule has 0 heterocycles. The maximum Gasteiger partial charge on any atom is 0.133 e. The van der Waals surface area contributed by atoms with Gasteiger partial charge in [0.25, 0.3) is 0 Å². The smallest absolute Gasteiger partial charge is 0.133 e. The molecule has 0 radical (unpaired) electrons. The molecule has 0 bridgehead atoms. The summed E-state index contributed by atoms with van der Waals surface area (Å²) >= 11 is 0. The van der Waals surface area contributed by atoms with E-state index in [2.05, 4.69) is 0 Å². The van der Waals surface area contributed by atoms with Gasteiger partial charge in [0, 0.05) is 5.92 Å². The van der Waals surface area contributed by atoms with E-state index in [4.69, 9.17) is 0 Å². The minimum Gasteiger partial charge on any atom is -0.393 e. The molecule has 1 unspecified atom stereocenters. The summed E-state index contributed by atoms with van der Waals surface area (Å²) in [6.07, 6.45) is 1.31. The van der Waals surface area contributed by atoms with Crippen LogP contribution in [0.25, 0.3) is 0 Å². The number of rotatable bonds is 1. The van der Waals surface area contributed by atoms with E-state index in [1.54, 1.807) is 6.92 Å². The Labute approximate surface area is 61.2 Å². The summed E-state index contributed by atoms with van der Waals surface area (Å²) in [5.41, 5.74) is 0. The molecule has 10 heavy (non-hydrogen) atoms. The SMILES string of the molecule is CC(=O)C1C[C@@H](C)[C@@H](O)C1. The first-order valence-electron chi connectivity index (χ1n) is 3.79. The second-order valence-corrected chi connectivity index (χ2v) is 3.32. The molecule has 3 atom stereocenters. The molecule has 1 aliphatic rings. The number of Topliss-reactive ketones (excluding diaryl/α,β-unsaturated/α-hetero) is 1. The van der Waals surface area contributed by atoms with Crippen molar-refractivity contribution >= 4 is 5.78 Å². The summed E-state index contributed by atoms with van der Waals surface area (Å²) in [5.74, 6) is 0.669. The van der Waals surface area contributed by atoms with Gasteiger partial charge in [-0.25, -0.2) is 0 Å². The van der Waals surface area contributed by atoms with Gasteiger partial charge < -0.3 is 5.11 Å².